The number of hydrogen-bond donors (Lipinski definition) is 0. The molecule has 0 radical (unpaired) electrons. The molecule has 4 rings (SSSR count). The third-order valence-electron chi connectivity index (χ3n) is 3.47. The Morgan fingerprint density at radius 1 is 1.22 bits per heavy atom. The maximum Gasteiger partial charge on any atom is 0.149 e. The minimum Gasteiger partial charge on any atom is -0.312 e. The normalized spacial score (nSPS) is 20.6. The lowest BCUT2D eigenvalue weighted by Crippen LogP contribution is -2.35. The van der Waals surface area contributed by atoms with Crippen LogP contribution in [0.15, 0.2) is 46.5 Å². The second-order valence-electron chi connectivity index (χ2n) is 4.44. The zero-order valence-corrected chi connectivity index (χ0v) is 11.2. The van der Waals surface area contributed by atoms with E-state index >= 15 is 0 Å². The summed E-state index contributed by atoms with van der Waals surface area (Å²) < 4.78 is 4.57. The predicted molar refractivity (Wildman–Crippen MR) is 80.6 cm³/mol. The lowest BCUT2D eigenvalue weighted by atomic mass is 9.87. The molecule has 18 heavy (non-hydrogen) atoms. The number of thiocarbonyl (C=S) groups is 1. The minimum atomic E-state index is 0.872. The number of rotatable bonds is 0. The van der Waals surface area contributed by atoms with Gasteiger partial charge in [0.1, 0.15) is 5.84 Å². The van der Waals surface area contributed by atoms with Gasteiger partial charge >= 0.3 is 0 Å². The third kappa shape index (κ3) is 1.30. The monoisotopic (exact) mass is 270 g/mol. The molecule has 0 atom stereocenters. The van der Waals surface area contributed by atoms with Gasteiger partial charge in [0.2, 0.25) is 0 Å². The van der Waals surface area contributed by atoms with E-state index in [4.69, 9.17) is 12.2 Å². The van der Waals surface area contributed by atoms with E-state index in [1.807, 2.05) is 6.08 Å². The topological polar surface area (TPSA) is 15.6 Å². The molecule has 0 saturated heterocycles. The van der Waals surface area contributed by atoms with Crippen molar-refractivity contribution in [2.75, 3.05) is 5.88 Å². The molecule has 1 aromatic rings. The van der Waals surface area contributed by atoms with Crippen LogP contribution in [0.1, 0.15) is 17.5 Å². The molecule has 1 aliphatic carbocycles. The van der Waals surface area contributed by atoms with Gasteiger partial charge in [0.05, 0.1) is 16.4 Å². The molecule has 0 bridgehead atoms. The van der Waals surface area contributed by atoms with Gasteiger partial charge in [0, 0.05) is 5.56 Å². The summed E-state index contributed by atoms with van der Waals surface area (Å²) in [6.07, 6.45) is 5.16. The largest absolute Gasteiger partial charge is 0.312 e. The first kappa shape index (κ1) is 10.5. The molecular weight excluding hydrogens is 260 g/mol. The average molecular weight is 270 g/mol. The van der Waals surface area contributed by atoms with Crippen LogP contribution >= 0.6 is 24.2 Å². The predicted octanol–water partition coefficient (Wildman–Crippen LogP) is 3.41. The second kappa shape index (κ2) is 3.80. The van der Waals surface area contributed by atoms with Crippen molar-refractivity contribution in [3.05, 3.63) is 53.2 Å². The van der Waals surface area contributed by atoms with Gasteiger partial charge in [0.15, 0.2) is 0 Å². The number of hydrogen-bond acceptors (Lipinski definition) is 4. The fraction of sp³-hybridized carbons (Fsp3) is 0.143. The van der Waals surface area contributed by atoms with Crippen LogP contribution in [0.25, 0.3) is 5.57 Å². The molecule has 0 amide bonds. The zero-order chi connectivity index (χ0) is 12.1. The van der Waals surface area contributed by atoms with Crippen molar-refractivity contribution in [2.24, 2.45) is 4.40 Å². The van der Waals surface area contributed by atoms with E-state index in [2.05, 4.69) is 39.6 Å². The Hall–Kier alpha value is -1.39. The van der Waals surface area contributed by atoms with Gasteiger partial charge in [-0.25, -0.2) is 0 Å². The summed E-state index contributed by atoms with van der Waals surface area (Å²) in [6.45, 7) is 0. The van der Waals surface area contributed by atoms with E-state index in [-0.39, 0.29) is 0 Å². The maximum absolute atomic E-state index is 5.51. The van der Waals surface area contributed by atoms with Crippen molar-refractivity contribution in [3.63, 3.8) is 0 Å². The third-order valence-corrected chi connectivity index (χ3v) is 4.47. The molecule has 88 valence electrons. The van der Waals surface area contributed by atoms with Crippen LogP contribution in [0.5, 0.6) is 0 Å². The highest BCUT2D eigenvalue weighted by Gasteiger charge is 2.34. The highest BCUT2D eigenvalue weighted by molar-refractivity contribution is 7.98. The summed E-state index contributed by atoms with van der Waals surface area (Å²) >= 11 is 7.10. The second-order valence-corrected chi connectivity index (χ2v) is 5.58. The standard InChI is InChI=1S/C14H10N2S2/c17-12-7-3-6-10-9-4-1-2-5-11(9)14-15-18-8-16(14)13(10)12/h1-5,7H,6,8H2. The van der Waals surface area contributed by atoms with Gasteiger partial charge in [-0.1, -0.05) is 42.6 Å². The Bertz CT molecular complexity index is 656. The molecule has 2 heterocycles. The van der Waals surface area contributed by atoms with E-state index in [0.29, 0.717) is 0 Å². The molecule has 0 fully saturated rings. The van der Waals surface area contributed by atoms with E-state index in [1.165, 1.54) is 22.4 Å². The van der Waals surface area contributed by atoms with Crippen LogP contribution in [0.4, 0.5) is 0 Å². The lowest BCUT2D eigenvalue weighted by molar-refractivity contribution is 0.645. The Kier molecular flexibility index (Phi) is 2.22. The summed E-state index contributed by atoms with van der Waals surface area (Å²) in [5, 5.41) is 0. The molecule has 4 heteroatoms. The summed E-state index contributed by atoms with van der Waals surface area (Å²) in [6, 6.07) is 8.49. The Labute approximate surface area is 115 Å². The average Bonchev–Trinajstić information content (AvgIpc) is 2.88. The van der Waals surface area contributed by atoms with Crippen LogP contribution in [0.3, 0.4) is 0 Å². The molecule has 2 aliphatic heterocycles. The van der Waals surface area contributed by atoms with Crippen LogP contribution in [-0.4, -0.2) is 21.5 Å². The van der Waals surface area contributed by atoms with Crippen LogP contribution < -0.4 is 0 Å². The first-order valence-corrected chi connectivity index (χ1v) is 7.22. The first-order chi connectivity index (χ1) is 8.86. The van der Waals surface area contributed by atoms with Crippen molar-refractivity contribution in [2.45, 2.75) is 6.42 Å². The van der Waals surface area contributed by atoms with E-state index in [0.717, 1.165) is 23.0 Å². The van der Waals surface area contributed by atoms with Gasteiger partial charge in [-0.3, -0.25) is 0 Å². The zero-order valence-electron chi connectivity index (χ0n) is 9.59. The summed E-state index contributed by atoms with van der Waals surface area (Å²) in [7, 11) is 0. The molecular formula is C14H10N2S2. The lowest BCUT2D eigenvalue weighted by Gasteiger charge is -2.33. The molecule has 2 nitrogen and oxygen atoms in total. The van der Waals surface area contributed by atoms with Crippen LogP contribution in [-0.2, 0) is 0 Å². The molecule has 0 aromatic heterocycles. The Morgan fingerprint density at radius 2 is 2.06 bits per heavy atom. The van der Waals surface area contributed by atoms with Crippen molar-refractivity contribution < 1.29 is 0 Å². The molecule has 0 saturated carbocycles. The van der Waals surface area contributed by atoms with Gasteiger partial charge in [0.25, 0.3) is 0 Å². The SMILES string of the molecule is S=C1C=CCC2=C1N1CSN=C1c1ccccc12. The summed E-state index contributed by atoms with van der Waals surface area (Å²) in [4.78, 5) is 3.19. The summed E-state index contributed by atoms with van der Waals surface area (Å²) in [5.74, 6) is 1.93. The Morgan fingerprint density at radius 3 is 2.94 bits per heavy atom. The van der Waals surface area contributed by atoms with Crippen LogP contribution in [0, 0.1) is 0 Å². The molecule has 0 unspecified atom stereocenters. The highest BCUT2D eigenvalue weighted by atomic mass is 32.2. The minimum absolute atomic E-state index is 0.872. The maximum atomic E-state index is 5.51. The van der Waals surface area contributed by atoms with E-state index < -0.39 is 0 Å². The van der Waals surface area contributed by atoms with Crippen molar-refractivity contribution in [1.29, 1.82) is 0 Å². The smallest absolute Gasteiger partial charge is 0.149 e. The molecule has 1 aromatic carbocycles. The van der Waals surface area contributed by atoms with E-state index in [9.17, 15) is 0 Å². The first-order valence-electron chi connectivity index (χ1n) is 5.87. The fourth-order valence-corrected chi connectivity index (χ4v) is 3.78. The molecule has 0 N–H and O–H groups in total. The van der Waals surface area contributed by atoms with Gasteiger partial charge in [-0.15, -0.1) is 0 Å². The van der Waals surface area contributed by atoms with Crippen LogP contribution in [0.2, 0.25) is 0 Å². The molecule has 3 aliphatic rings. The van der Waals surface area contributed by atoms with Crippen molar-refractivity contribution in [3.8, 4) is 0 Å². The van der Waals surface area contributed by atoms with E-state index in [1.54, 1.807) is 11.9 Å². The highest BCUT2D eigenvalue weighted by Crippen LogP contribution is 2.40. The van der Waals surface area contributed by atoms with Gasteiger partial charge in [-0.2, -0.15) is 4.40 Å². The Balaban J connectivity index is 2.04. The quantitative estimate of drug-likeness (QED) is 0.531. The number of nitrogens with zero attached hydrogens (tertiary/aromatic N) is 2. The number of fused-ring (bicyclic) bond motifs is 5. The summed E-state index contributed by atoms with van der Waals surface area (Å²) in [5.41, 5.74) is 5.06. The van der Waals surface area contributed by atoms with Gasteiger partial charge < -0.3 is 4.90 Å². The molecule has 0 spiro atoms. The van der Waals surface area contributed by atoms with Gasteiger partial charge in [-0.05, 0) is 35.6 Å². The van der Waals surface area contributed by atoms with Crippen molar-refractivity contribution >= 4 is 40.4 Å². The van der Waals surface area contributed by atoms with Crippen molar-refractivity contribution in [1.82, 2.24) is 4.90 Å². The number of amidine groups is 1. The number of benzene rings is 1. The number of allylic oxidation sites excluding steroid dienone is 3. The fourth-order valence-electron chi connectivity index (χ4n) is 2.71.